The number of hydrogen-bond donors (Lipinski definition) is 1. The molecule has 0 unspecified atom stereocenters. The first kappa shape index (κ1) is 20.5. The molecule has 160 valence electrons. The molecule has 1 amide bonds. The van der Waals surface area contributed by atoms with Crippen LogP contribution in [-0.2, 0) is 17.8 Å². The maximum absolute atomic E-state index is 13.1. The Kier molecular flexibility index (Phi) is 6.13. The first-order chi connectivity index (χ1) is 14.5. The van der Waals surface area contributed by atoms with Gasteiger partial charge in [-0.25, -0.2) is 14.4 Å². The number of aromatic nitrogens is 2. The Morgan fingerprint density at radius 2 is 2.03 bits per heavy atom. The molecule has 30 heavy (non-hydrogen) atoms. The van der Waals surface area contributed by atoms with Gasteiger partial charge in [0.15, 0.2) is 12.4 Å². The Bertz CT molecular complexity index is 905. The predicted molar refractivity (Wildman–Crippen MR) is 112 cm³/mol. The first-order valence-electron chi connectivity index (χ1n) is 10.5. The number of amides is 1. The fourth-order valence-corrected chi connectivity index (χ4v) is 4.19. The zero-order chi connectivity index (χ0) is 21.1. The van der Waals surface area contributed by atoms with Crippen LogP contribution >= 0.6 is 0 Å². The zero-order valence-corrected chi connectivity index (χ0v) is 17.5. The summed E-state index contributed by atoms with van der Waals surface area (Å²) in [4.78, 5) is 26.7. The van der Waals surface area contributed by atoms with Gasteiger partial charge in [0.1, 0.15) is 17.4 Å². The number of piperidine rings is 1. The highest BCUT2D eigenvalue weighted by molar-refractivity contribution is 5.78. The van der Waals surface area contributed by atoms with Crippen molar-refractivity contribution in [2.45, 2.75) is 38.3 Å². The summed E-state index contributed by atoms with van der Waals surface area (Å²) in [7, 11) is 3.97. The van der Waals surface area contributed by atoms with Crippen LogP contribution in [0.25, 0.3) is 0 Å². The van der Waals surface area contributed by atoms with E-state index in [0.29, 0.717) is 18.1 Å². The maximum Gasteiger partial charge on any atom is 0.261 e. The molecule has 2 aromatic rings. The number of carbonyl (C=O) groups excluding carboxylic acids is 1. The van der Waals surface area contributed by atoms with Crippen LogP contribution in [0.4, 0.5) is 10.2 Å². The minimum absolute atomic E-state index is 0.0886. The SMILES string of the molecule is CNc1nc([C@H]2CCCCN2C(=O)COc2ccc(F)cc2)nc2c1CCN(C)C2. The van der Waals surface area contributed by atoms with E-state index in [9.17, 15) is 9.18 Å². The summed E-state index contributed by atoms with van der Waals surface area (Å²) < 4.78 is 18.7. The summed E-state index contributed by atoms with van der Waals surface area (Å²) in [6.45, 7) is 2.34. The van der Waals surface area contributed by atoms with Crippen molar-refractivity contribution in [3.8, 4) is 5.75 Å². The van der Waals surface area contributed by atoms with Gasteiger partial charge < -0.3 is 19.9 Å². The number of fused-ring (bicyclic) bond motifs is 1. The number of benzene rings is 1. The molecule has 7 nitrogen and oxygen atoms in total. The lowest BCUT2D eigenvalue weighted by molar-refractivity contribution is -0.137. The number of nitrogens with one attached hydrogen (secondary N) is 1. The fraction of sp³-hybridized carbons (Fsp3) is 0.500. The maximum atomic E-state index is 13.1. The summed E-state index contributed by atoms with van der Waals surface area (Å²) in [5, 5.41) is 3.22. The standard InChI is InChI=1S/C22H28FN5O2/c1-24-21-17-10-12-27(2)13-18(17)25-22(26-21)19-5-3-4-11-28(19)20(29)14-30-16-8-6-15(23)7-9-16/h6-9,19H,3-5,10-14H2,1-2H3,(H,24,25,26)/t19-/m1/s1. The number of nitrogens with zero attached hydrogens (tertiary/aromatic N) is 4. The number of hydrogen-bond acceptors (Lipinski definition) is 6. The average Bonchev–Trinajstić information content (AvgIpc) is 2.77. The van der Waals surface area contributed by atoms with Crippen molar-refractivity contribution in [2.24, 2.45) is 0 Å². The van der Waals surface area contributed by atoms with Gasteiger partial charge in [-0.2, -0.15) is 0 Å². The Hall–Kier alpha value is -2.74. The van der Waals surface area contributed by atoms with Gasteiger partial charge in [-0.1, -0.05) is 0 Å². The number of halogens is 1. The largest absolute Gasteiger partial charge is 0.484 e. The highest BCUT2D eigenvalue weighted by atomic mass is 19.1. The van der Waals surface area contributed by atoms with Gasteiger partial charge in [-0.15, -0.1) is 0 Å². The van der Waals surface area contributed by atoms with Gasteiger partial charge in [-0.3, -0.25) is 4.79 Å². The lowest BCUT2D eigenvalue weighted by Gasteiger charge is -2.35. The molecule has 1 atom stereocenters. The lowest BCUT2D eigenvalue weighted by Crippen LogP contribution is -2.42. The van der Waals surface area contributed by atoms with Crippen LogP contribution in [0, 0.1) is 5.82 Å². The average molecular weight is 413 g/mol. The number of likely N-dealkylation sites (N-methyl/N-ethyl adjacent to an activating group) is 1. The molecule has 3 heterocycles. The minimum Gasteiger partial charge on any atom is -0.484 e. The van der Waals surface area contributed by atoms with E-state index in [4.69, 9.17) is 14.7 Å². The molecule has 0 radical (unpaired) electrons. The minimum atomic E-state index is -0.333. The zero-order valence-electron chi connectivity index (χ0n) is 17.5. The van der Waals surface area contributed by atoms with Crippen LogP contribution in [0.5, 0.6) is 5.75 Å². The summed E-state index contributed by atoms with van der Waals surface area (Å²) in [6, 6.07) is 5.53. The van der Waals surface area contributed by atoms with Crippen molar-refractivity contribution in [1.82, 2.24) is 19.8 Å². The van der Waals surface area contributed by atoms with Crippen LogP contribution in [-0.4, -0.2) is 59.5 Å². The van der Waals surface area contributed by atoms with E-state index in [1.165, 1.54) is 29.8 Å². The summed E-state index contributed by atoms with van der Waals surface area (Å²) >= 11 is 0. The Morgan fingerprint density at radius 3 is 2.80 bits per heavy atom. The normalized spacial score (nSPS) is 19.3. The van der Waals surface area contributed by atoms with Crippen molar-refractivity contribution < 1.29 is 13.9 Å². The van der Waals surface area contributed by atoms with Crippen molar-refractivity contribution in [1.29, 1.82) is 0 Å². The third-order valence-corrected chi connectivity index (χ3v) is 5.81. The van der Waals surface area contributed by atoms with Gasteiger partial charge in [0, 0.05) is 32.2 Å². The van der Waals surface area contributed by atoms with Crippen LogP contribution in [0.15, 0.2) is 24.3 Å². The van der Waals surface area contributed by atoms with Crippen LogP contribution in [0.3, 0.4) is 0 Å². The van der Waals surface area contributed by atoms with Crippen LogP contribution in [0.2, 0.25) is 0 Å². The molecule has 0 bridgehead atoms. The molecule has 2 aliphatic heterocycles. The Balaban J connectivity index is 1.54. The molecule has 2 aliphatic rings. The van der Waals surface area contributed by atoms with E-state index in [1.807, 2.05) is 11.9 Å². The van der Waals surface area contributed by atoms with E-state index in [0.717, 1.165) is 50.3 Å². The monoisotopic (exact) mass is 413 g/mol. The summed E-state index contributed by atoms with van der Waals surface area (Å²) in [5.41, 5.74) is 2.21. The van der Waals surface area contributed by atoms with Crippen LogP contribution in [0.1, 0.15) is 42.4 Å². The van der Waals surface area contributed by atoms with Gasteiger partial charge in [0.25, 0.3) is 5.91 Å². The second kappa shape index (κ2) is 8.95. The number of ether oxygens (including phenoxy) is 1. The molecular formula is C22H28FN5O2. The molecule has 1 aromatic heterocycles. The molecule has 0 spiro atoms. The van der Waals surface area contributed by atoms with Gasteiger partial charge in [-0.05, 0) is 57.0 Å². The van der Waals surface area contributed by atoms with E-state index in [1.54, 1.807) is 0 Å². The number of anilines is 1. The lowest BCUT2D eigenvalue weighted by atomic mass is 10.00. The second-order valence-corrected chi connectivity index (χ2v) is 7.93. The van der Waals surface area contributed by atoms with Crippen LogP contribution < -0.4 is 10.1 Å². The van der Waals surface area contributed by atoms with Gasteiger partial charge in [0.05, 0.1) is 11.7 Å². The molecule has 1 fully saturated rings. The molecule has 8 heteroatoms. The third-order valence-electron chi connectivity index (χ3n) is 5.81. The van der Waals surface area contributed by atoms with Gasteiger partial charge in [0.2, 0.25) is 0 Å². The van der Waals surface area contributed by atoms with Gasteiger partial charge >= 0.3 is 0 Å². The predicted octanol–water partition coefficient (Wildman–Crippen LogP) is 2.78. The smallest absolute Gasteiger partial charge is 0.261 e. The summed E-state index contributed by atoms with van der Waals surface area (Å²) in [5.74, 6) is 1.60. The molecule has 0 saturated carbocycles. The topological polar surface area (TPSA) is 70.6 Å². The molecule has 1 saturated heterocycles. The highest BCUT2D eigenvalue weighted by Gasteiger charge is 2.32. The molecule has 1 N–H and O–H groups in total. The first-order valence-corrected chi connectivity index (χ1v) is 10.5. The number of carbonyl (C=O) groups is 1. The molecule has 4 rings (SSSR count). The highest BCUT2D eigenvalue weighted by Crippen LogP contribution is 2.32. The van der Waals surface area contributed by atoms with Crippen molar-refractivity contribution in [2.75, 3.05) is 39.1 Å². The quantitative estimate of drug-likeness (QED) is 0.813. The summed E-state index contributed by atoms with van der Waals surface area (Å²) in [6.07, 6.45) is 3.73. The van der Waals surface area contributed by atoms with E-state index in [2.05, 4.69) is 17.3 Å². The van der Waals surface area contributed by atoms with Crippen molar-refractivity contribution in [3.63, 3.8) is 0 Å². The van der Waals surface area contributed by atoms with Crippen molar-refractivity contribution in [3.05, 3.63) is 47.2 Å². The Labute approximate surface area is 176 Å². The second-order valence-electron chi connectivity index (χ2n) is 7.93. The number of likely N-dealkylation sites (tertiary alicyclic amines) is 1. The third kappa shape index (κ3) is 4.38. The Morgan fingerprint density at radius 1 is 1.23 bits per heavy atom. The fourth-order valence-electron chi connectivity index (χ4n) is 4.19. The van der Waals surface area contributed by atoms with Crippen molar-refractivity contribution >= 4 is 11.7 Å². The molecular weight excluding hydrogens is 385 g/mol. The molecule has 1 aromatic carbocycles. The van der Waals surface area contributed by atoms with E-state index in [-0.39, 0.29) is 24.4 Å². The van der Waals surface area contributed by atoms with E-state index < -0.39 is 0 Å². The molecule has 0 aliphatic carbocycles. The van der Waals surface area contributed by atoms with E-state index >= 15 is 0 Å². The number of rotatable bonds is 5.